The van der Waals surface area contributed by atoms with Gasteiger partial charge in [-0.25, -0.2) is 0 Å². The van der Waals surface area contributed by atoms with Crippen LogP contribution < -0.4 is 9.47 Å². The van der Waals surface area contributed by atoms with Crippen molar-refractivity contribution in [2.45, 2.75) is 11.2 Å². The smallest absolute Gasteiger partial charge is 0.178 e. The average molecular weight is 541 g/mol. The lowest BCUT2D eigenvalue weighted by Gasteiger charge is -2.37. The Balaban J connectivity index is 1.26. The highest BCUT2D eigenvalue weighted by Gasteiger charge is 2.39. The Morgan fingerprint density at radius 2 is 0.643 bits per heavy atom. The van der Waals surface area contributed by atoms with E-state index >= 15 is 0 Å². The van der Waals surface area contributed by atoms with Gasteiger partial charge in [0.15, 0.2) is 11.2 Å². The summed E-state index contributed by atoms with van der Waals surface area (Å²) in [6.07, 6.45) is 8.83. The summed E-state index contributed by atoms with van der Waals surface area (Å²) in [5.41, 5.74) is 5.13. The van der Waals surface area contributed by atoms with Gasteiger partial charge in [0.2, 0.25) is 0 Å². The van der Waals surface area contributed by atoms with E-state index < -0.39 is 11.2 Å². The van der Waals surface area contributed by atoms with Gasteiger partial charge in [0.25, 0.3) is 0 Å². The molecule has 0 unspecified atom stereocenters. The van der Waals surface area contributed by atoms with Gasteiger partial charge in [-0.15, -0.1) is 0 Å². The fraction of sp³-hybridized carbons (Fsp3) is 0.0500. The van der Waals surface area contributed by atoms with Gasteiger partial charge >= 0.3 is 0 Å². The van der Waals surface area contributed by atoms with Crippen LogP contribution >= 0.6 is 0 Å². The number of ether oxygens (including phenoxy) is 2. The van der Waals surface area contributed by atoms with Crippen molar-refractivity contribution in [2.24, 2.45) is 0 Å². The zero-order valence-electron chi connectivity index (χ0n) is 23.0. The molecule has 0 radical (unpaired) electrons. The van der Waals surface area contributed by atoms with Crippen molar-refractivity contribution in [2.75, 3.05) is 0 Å². The van der Waals surface area contributed by atoms with Gasteiger partial charge in [0, 0.05) is 33.4 Å². The van der Waals surface area contributed by atoms with Crippen LogP contribution in [0, 0.1) is 0 Å². The fourth-order valence-corrected chi connectivity index (χ4v) is 6.45. The maximum atomic E-state index is 6.96. The Morgan fingerprint density at radius 3 is 0.952 bits per heavy atom. The van der Waals surface area contributed by atoms with Crippen LogP contribution in [-0.4, -0.2) is 0 Å². The molecule has 200 valence electrons. The maximum Gasteiger partial charge on any atom is 0.178 e. The largest absolute Gasteiger partial charge is 0.473 e. The molecule has 8 rings (SSSR count). The van der Waals surface area contributed by atoms with Crippen molar-refractivity contribution in [1.29, 1.82) is 0 Å². The molecule has 2 aliphatic rings. The molecule has 0 aromatic heterocycles. The summed E-state index contributed by atoms with van der Waals surface area (Å²) >= 11 is 0. The molecule has 0 amide bonds. The normalized spacial score (nSPS) is 15.7. The van der Waals surface area contributed by atoms with Crippen molar-refractivity contribution in [1.82, 2.24) is 0 Å². The van der Waals surface area contributed by atoms with E-state index in [0.29, 0.717) is 0 Å². The SMILES string of the molecule is C1=CC(c2ccccc2)(c2ccccc2)Oc2ccc3c4c(ccc3c21)OC(c1ccccc1)(c1ccccc1)C=C4. The quantitative estimate of drug-likeness (QED) is 0.222. The minimum Gasteiger partial charge on any atom is -0.473 e. The predicted molar refractivity (Wildman–Crippen MR) is 171 cm³/mol. The molecule has 2 heteroatoms. The Labute approximate surface area is 245 Å². The van der Waals surface area contributed by atoms with Crippen LogP contribution in [0.25, 0.3) is 22.9 Å². The third-order valence-electron chi connectivity index (χ3n) is 8.53. The lowest BCUT2D eigenvalue weighted by Crippen LogP contribution is -2.34. The second-order valence-electron chi connectivity index (χ2n) is 10.9. The van der Waals surface area contributed by atoms with Crippen LogP contribution in [0.3, 0.4) is 0 Å². The van der Waals surface area contributed by atoms with Crippen molar-refractivity contribution >= 4 is 22.9 Å². The molecule has 0 spiro atoms. The molecule has 0 fully saturated rings. The van der Waals surface area contributed by atoms with Gasteiger partial charge in [-0.1, -0.05) is 121 Å². The molecule has 0 N–H and O–H groups in total. The van der Waals surface area contributed by atoms with Crippen LogP contribution in [0.1, 0.15) is 33.4 Å². The minimum absolute atomic E-state index is 0.703. The first kappa shape index (κ1) is 24.5. The van der Waals surface area contributed by atoms with Crippen LogP contribution in [-0.2, 0) is 11.2 Å². The zero-order valence-corrected chi connectivity index (χ0v) is 23.0. The first-order valence-electron chi connectivity index (χ1n) is 14.4. The predicted octanol–water partition coefficient (Wildman–Crippen LogP) is 9.54. The van der Waals surface area contributed by atoms with Crippen LogP contribution in [0.15, 0.2) is 158 Å². The van der Waals surface area contributed by atoms with Gasteiger partial charge in [-0.05, 0) is 59.3 Å². The molecule has 0 atom stereocenters. The van der Waals surface area contributed by atoms with E-state index in [9.17, 15) is 0 Å². The third kappa shape index (κ3) is 3.73. The molecule has 2 aliphatic heterocycles. The van der Waals surface area contributed by atoms with Crippen LogP contribution in [0.2, 0.25) is 0 Å². The Hall–Kier alpha value is -5.34. The second-order valence-corrected chi connectivity index (χ2v) is 10.9. The first-order chi connectivity index (χ1) is 20.8. The van der Waals surface area contributed by atoms with Gasteiger partial charge in [-0.3, -0.25) is 0 Å². The van der Waals surface area contributed by atoms with Crippen LogP contribution in [0.4, 0.5) is 0 Å². The van der Waals surface area contributed by atoms with Crippen molar-refractivity contribution in [3.8, 4) is 11.5 Å². The number of benzene rings is 6. The summed E-state index contributed by atoms with van der Waals surface area (Å²) in [6.45, 7) is 0. The van der Waals surface area contributed by atoms with E-state index in [1.165, 1.54) is 0 Å². The molecule has 2 nitrogen and oxygen atoms in total. The molecule has 42 heavy (non-hydrogen) atoms. The Kier molecular flexibility index (Phi) is 5.61. The summed E-state index contributed by atoms with van der Waals surface area (Å²) < 4.78 is 13.9. The lowest BCUT2D eigenvalue weighted by molar-refractivity contribution is 0.160. The minimum atomic E-state index is -0.703. The van der Waals surface area contributed by atoms with Crippen LogP contribution in [0.5, 0.6) is 11.5 Å². The van der Waals surface area contributed by atoms with Crippen molar-refractivity contribution < 1.29 is 9.47 Å². The number of rotatable bonds is 4. The van der Waals surface area contributed by atoms with E-state index in [2.05, 4.69) is 146 Å². The molecule has 6 aromatic rings. The molecule has 0 saturated heterocycles. The highest BCUT2D eigenvalue weighted by molar-refractivity contribution is 6.00. The number of hydrogen-bond acceptors (Lipinski definition) is 2. The molecule has 0 saturated carbocycles. The summed E-state index contributed by atoms with van der Waals surface area (Å²) in [5.74, 6) is 1.72. The fourth-order valence-electron chi connectivity index (χ4n) is 6.45. The topological polar surface area (TPSA) is 18.5 Å². The number of fused-ring (bicyclic) bond motifs is 5. The second kappa shape index (κ2) is 9.64. The molecular weight excluding hydrogens is 512 g/mol. The average Bonchev–Trinajstić information content (AvgIpc) is 3.09. The van der Waals surface area contributed by atoms with Crippen molar-refractivity contribution in [3.63, 3.8) is 0 Å². The lowest BCUT2D eigenvalue weighted by atomic mass is 9.82. The number of hydrogen-bond donors (Lipinski definition) is 0. The molecule has 0 bridgehead atoms. The van der Waals surface area contributed by atoms with Gasteiger partial charge in [-0.2, -0.15) is 0 Å². The molecule has 6 aromatic carbocycles. The van der Waals surface area contributed by atoms with E-state index in [1.54, 1.807) is 0 Å². The van der Waals surface area contributed by atoms with E-state index in [0.717, 1.165) is 55.7 Å². The monoisotopic (exact) mass is 540 g/mol. The summed E-state index contributed by atoms with van der Waals surface area (Å²) in [6, 6.07) is 50.3. The summed E-state index contributed by atoms with van der Waals surface area (Å²) in [5, 5.41) is 2.27. The Morgan fingerprint density at radius 1 is 0.333 bits per heavy atom. The maximum absolute atomic E-state index is 6.96. The van der Waals surface area contributed by atoms with E-state index in [-0.39, 0.29) is 0 Å². The standard InChI is InChI=1S/C40H28O2/c1-5-13-29(14-6-1)39(30-15-7-2-8-16-30)27-25-35-33-22-24-38-36(34(33)21-23-37(35)41-39)26-28-40(42-38,31-17-9-3-10-18-31)32-19-11-4-12-20-32/h1-28H. The van der Waals surface area contributed by atoms with Gasteiger partial charge in [0.05, 0.1) is 0 Å². The van der Waals surface area contributed by atoms with E-state index in [1.807, 2.05) is 24.3 Å². The highest BCUT2D eigenvalue weighted by atomic mass is 16.5. The van der Waals surface area contributed by atoms with Crippen molar-refractivity contribution in [3.05, 3.63) is 191 Å². The highest BCUT2D eigenvalue weighted by Crippen LogP contribution is 2.48. The molecule has 2 heterocycles. The van der Waals surface area contributed by atoms with E-state index in [4.69, 9.17) is 9.47 Å². The molecular formula is C40H28O2. The first-order valence-corrected chi connectivity index (χ1v) is 14.4. The summed E-state index contributed by atoms with van der Waals surface area (Å²) in [7, 11) is 0. The zero-order chi connectivity index (χ0) is 28.0. The Bertz CT molecular complexity index is 1730. The van der Waals surface area contributed by atoms with Gasteiger partial charge in [0.1, 0.15) is 11.5 Å². The van der Waals surface area contributed by atoms with Gasteiger partial charge < -0.3 is 9.47 Å². The third-order valence-corrected chi connectivity index (χ3v) is 8.53. The molecule has 0 aliphatic carbocycles. The summed E-state index contributed by atoms with van der Waals surface area (Å²) in [4.78, 5) is 0.